The first-order valence-electron chi connectivity index (χ1n) is 5.50. The molecule has 0 radical (unpaired) electrons. The molecule has 1 heterocycles. The molecule has 3 nitrogen and oxygen atoms in total. The van der Waals surface area contributed by atoms with Crippen LogP contribution in [0.15, 0.2) is 6.20 Å². The minimum atomic E-state index is 0.127. The number of aryl methyl sites for hydroxylation is 1. The average Bonchev–Trinajstić information content (AvgIpc) is 2.51. The highest BCUT2D eigenvalue weighted by molar-refractivity contribution is 9.09. The first-order valence-corrected chi connectivity index (χ1v) is 6.42. The Hall–Kier alpha value is -0.380. The number of hydrogen-bond acceptors (Lipinski definition) is 2. The zero-order valence-corrected chi connectivity index (χ0v) is 11.6. The summed E-state index contributed by atoms with van der Waals surface area (Å²) in [6.45, 7) is 9.78. The molecule has 0 spiro atoms. The van der Waals surface area contributed by atoms with E-state index in [9.17, 15) is 0 Å². The minimum Gasteiger partial charge on any atom is -0.249 e. The highest BCUT2D eigenvalue weighted by Gasteiger charge is 2.26. The topological polar surface area (TPSA) is 30.7 Å². The molecular weight excluding hydrogens is 254 g/mol. The molecule has 0 bridgehead atoms. The van der Waals surface area contributed by atoms with Gasteiger partial charge in [-0.15, -0.1) is 5.10 Å². The van der Waals surface area contributed by atoms with Crippen molar-refractivity contribution in [1.29, 1.82) is 0 Å². The third-order valence-electron chi connectivity index (χ3n) is 2.54. The fourth-order valence-electron chi connectivity index (χ4n) is 1.97. The average molecular weight is 274 g/mol. The van der Waals surface area contributed by atoms with Crippen LogP contribution in [-0.2, 0) is 12.0 Å². The van der Waals surface area contributed by atoms with Gasteiger partial charge in [-0.3, -0.25) is 0 Å². The molecule has 1 aromatic rings. The van der Waals surface area contributed by atoms with Crippen molar-refractivity contribution in [2.75, 3.05) is 0 Å². The molecule has 0 aliphatic rings. The van der Waals surface area contributed by atoms with Crippen molar-refractivity contribution in [2.24, 2.45) is 0 Å². The Morgan fingerprint density at radius 3 is 2.73 bits per heavy atom. The van der Waals surface area contributed by atoms with E-state index in [1.807, 2.05) is 10.9 Å². The van der Waals surface area contributed by atoms with Crippen LogP contribution < -0.4 is 0 Å². The zero-order chi connectivity index (χ0) is 11.5. The van der Waals surface area contributed by atoms with Crippen molar-refractivity contribution in [3.63, 3.8) is 0 Å². The maximum Gasteiger partial charge on any atom is 0.0730 e. The number of halogens is 1. The van der Waals surface area contributed by atoms with Gasteiger partial charge < -0.3 is 0 Å². The molecule has 0 aliphatic carbocycles. The van der Waals surface area contributed by atoms with Crippen LogP contribution in [0.1, 0.15) is 46.2 Å². The summed E-state index contributed by atoms with van der Waals surface area (Å²) in [6, 6.07) is 0. The zero-order valence-electron chi connectivity index (χ0n) is 10.00. The highest BCUT2D eigenvalue weighted by atomic mass is 79.9. The van der Waals surface area contributed by atoms with Gasteiger partial charge in [-0.05, 0) is 12.8 Å². The molecule has 4 heteroatoms. The van der Waals surface area contributed by atoms with Gasteiger partial charge in [0, 0.05) is 16.8 Å². The summed E-state index contributed by atoms with van der Waals surface area (Å²) in [6.07, 6.45) is 4.07. The van der Waals surface area contributed by atoms with Crippen molar-refractivity contribution in [2.45, 2.75) is 57.3 Å². The lowest BCUT2D eigenvalue weighted by Crippen LogP contribution is -2.25. The number of nitrogens with zero attached hydrogens (tertiary/aromatic N) is 3. The first-order chi connectivity index (χ1) is 6.97. The fraction of sp³-hybridized carbons (Fsp3) is 0.818. The lowest BCUT2D eigenvalue weighted by atomic mass is 9.85. The maximum absolute atomic E-state index is 4.13. The molecule has 15 heavy (non-hydrogen) atoms. The molecule has 1 aromatic heterocycles. The monoisotopic (exact) mass is 273 g/mol. The number of aromatic nitrogens is 3. The molecule has 0 aliphatic heterocycles. The van der Waals surface area contributed by atoms with Gasteiger partial charge in [0.2, 0.25) is 0 Å². The van der Waals surface area contributed by atoms with Crippen LogP contribution in [0.3, 0.4) is 0 Å². The first kappa shape index (κ1) is 12.7. The number of alkyl halides is 1. The van der Waals surface area contributed by atoms with Gasteiger partial charge in [-0.2, -0.15) is 0 Å². The molecule has 1 rings (SSSR count). The molecule has 0 saturated carbocycles. The molecule has 86 valence electrons. The lowest BCUT2D eigenvalue weighted by molar-refractivity contribution is 0.421. The van der Waals surface area contributed by atoms with Gasteiger partial charge in [0.1, 0.15) is 0 Å². The van der Waals surface area contributed by atoms with Crippen molar-refractivity contribution < 1.29 is 0 Å². The van der Waals surface area contributed by atoms with Gasteiger partial charge in [-0.1, -0.05) is 48.8 Å². The van der Waals surface area contributed by atoms with E-state index in [0.717, 1.165) is 19.4 Å². The minimum absolute atomic E-state index is 0.127. The van der Waals surface area contributed by atoms with Crippen LogP contribution in [0.25, 0.3) is 0 Å². The van der Waals surface area contributed by atoms with Gasteiger partial charge >= 0.3 is 0 Å². The molecule has 0 aromatic carbocycles. The van der Waals surface area contributed by atoms with Crippen molar-refractivity contribution in [3.05, 3.63) is 11.9 Å². The van der Waals surface area contributed by atoms with E-state index in [1.54, 1.807) is 0 Å². The van der Waals surface area contributed by atoms with Crippen LogP contribution >= 0.6 is 15.9 Å². The molecule has 1 unspecified atom stereocenters. The Balaban J connectivity index is 2.88. The third kappa shape index (κ3) is 3.30. The Bertz CT molecular complexity index is 305. The van der Waals surface area contributed by atoms with E-state index < -0.39 is 0 Å². The van der Waals surface area contributed by atoms with Crippen LogP contribution in [-0.4, -0.2) is 19.8 Å². The van der Waals surface area contributed by atoms with Crippen molar-refractivity contribution in [3.8, 4) is 0 Å². The summed E-state index contributed by atoms with van der Waals surface area (Å²) in [7, 11) is 0. The predicted octanol–water partition coefficient (Wildman–Crippen LogP) is 3.14. The number of rotatable bonds is 5. The smallest absolute Gasteiger partial charge is 0.0730 e. The van der Waals surface area contributed by atoms with Gasteiger partial charge in [0.25, 0.3) is 0 Å². The molecule has 0 fully saturated rings. The summed E-state index contributed by atoms with van der Waals surface area (Å²) >= 11 is 3.61. The van der Waals surface area contributed by atoms with Crippen LogP contribution in [0.2, 0.25) is 0 Å². The maximum atomic E-state index is 4.13. The van der Waals surface area contributed by atoms with Gasteiger partial charge in [0.05, 0.1) is 11.9 Å². The molecule has 0 saturated heterocycles. The van der Waals surface area contributed by atoms with Gasteiger partial charge in [0.15, 0.2) is 0 Å². The molecule has 0 amide bonds. The van der Waals surface area contributed by atoms with Crippen molar-refractivity contribution >= 4 is 15.9 Å². The molecule has 1 atom stereocenters. The number of hydrogen-bond donors (Lipinski definition) is 0. The summed E-state index contributed by atoms with van der Waals surface area (Å²) in [4.78, 5) is 0.512. The second-order valence-corrected chi connectivity index (χ2v) is 6.27. The van der Waals surface area contributed by atoms with E-state index in [-0.39, 0.29) is 5.41 Å². The SMILES string of the molecule is CCCn1nncc1C(C)(C)CC(C)Br. The summed E-state index contributed by atoms with van der Waals surface area (Å²) < 4.78 is 2.02. The largest absolute Gasteiger partial charge is 0.249 e. The summed E-state index contributed by atoms with van der Waals surface area (Å²) in [5.74, 6) is 0. The van der Waals surface area contributed by atoms with Crippen molar-refractivity contribution in [1.82, 2.24) is 15.0 Å². The Morgan fingerprint density at radius 2 is 2.20 bits per heavy atom. The normalized spacial score (nSPS) is 14.2. The molecular formula is C11H20BrN3. The van der Waals surface area contributed by atoms with E-state index in [2.05, 4.69) is 53.9 Å². The Morgan fingerprint density at radius 1 is 1.53 bits per heavy atom. The van der Waals surface area contributed by atoms with Gasteiger partial charge in [-0.25, -0.2) is 4.68 Å². The summed E-state index contributed by atoms with van der Waals surface area (Å²) in [5.41, 5.74) is 1.36. The molecule has 0 N–H and O–H groups in total. The second-order valence-electron chi connectivity index (χ2n) is 4.71. The predicted molar refractivity (Wildman–Crippen MR) is 66.3 cm³/mol. The van der Waals surface area contributed by atoms with E-state index in [0.29, 0.717) is 4.83 Å². The van der Waals surface area contributed by atoms with Crippen LogP contribution in [0.5, 0.6) is 0 Å². The lowest BCUT2D eigenvalue weighted by Gasteiger charge is -2.26. The van der Waals surface area contributed by atoms with E-state index >= 15 is 0 Å². The standard InChI is InChI=1S/C11H20BrN3/c1-5-6-15-10(8-13-14-15)11(3,4)7-9(2)12/h8-9H,5-7H2,1-4H3. The highest BCUT2D eigenvalue weighted by Crippen LogP contribution is 2.29. The van der Waals surface area contributed by atoms with Crippen LogP contribution in [0.4, 0.5) is 0 Å². The fourth-order valence-corrected chi connectivity index (χ4v) is 2.78. The van der Waals surface area contributed by atoms with Crippen LogP contribution in [0, 0.1) is 0 Å². The summed E-state index contributed by atoms with van der Waals surface area (Å²) in [5, 5.41) is 8.14. The van der Waals surface area contributed by atoms with E-state index in [1.165, 1.54) is 5.69 Å². The Kier molecular flexibility index (Phi) is 4.32. The quantitative estimate of drug-likeness (QED) is 0.772. The third-order valence-corrected chi connectivity index (χ3v) is 2.86. The second kappa shape index (κ2) is 5.10. The Labute approximate surface area is 100 Å². The van der Waals surface area contributed by atoms with E-state index in [4.69, 9.17) is 0 Å².